The van der Waals surface area contributed by atoms with Crippen molar-refractivity contribution in [2.24, 2.45) is 0 Å². The highest BCUT2D eigenvalue weighted by Gasteiger charge is 2.24. The molecule has 2 amide bonds. The third-order valence-corrected chi connectivity index (χ3v) is 4.05. The van der Waals surface area contributed by atoms with Crippen molar-refractivity contribution in [2.45, 2.75) is 23.9 Å². The Bertz CT molecular complexity index is 480. The Hall–Kier alpha value is -1.53. The van der Waals surface area contributed by atoms with Gasteiger partial charge in [0, 0.05) is 11.4 Å². The topological polar surface area (TPSA) is 70.2 Å². The van der Waals surface area contributed by atoms with Gasteiger partial charge in [-0.1, -0.05) is 12.1 Å². The SMILES string of the molecule is CSc1ccc(C(C)NC(=O)C2CNC(=O)CN2)cc1. The average molecular weight is 293 g/mol. The van der Waals surface area contributed by atoms with Crippen molar-refractivity contribution in [2.75, 3.05) is 19.3 Å². The number of amides is 2. The van der Waals surface area contributed by atoms with Crippen molar-refractivity contribution in [1.29, 1.82) is 0 Å². The Morgan fingerprint density at radius 2 is 2.10 bits per heavy atom. The van der Waals surface area contributed by atoms with Gasteiger partial charge in [0.15, 0.2) is 0 Å². The van der Waals surface area contributed by atoms with Crippen molar-refractivity contribution in [1.82, 2.24) is 16.0 Å². The Morgan fingerprint density at radius 3 is 2.65 bits per heavy atom. The monoisotopic (exact) mass is 293 g/mol. The Labute approximate surface area is 122 Å². The van der Waals surface area contributed by atoms with Gasteiger partial charge in [0.1, 0.15) is 6.04 Å². The van der Waals surface area contributed by atoms with Crippen LogP contribution >= 0.6 is 11.8 Å². The second kappa shape index (κ2) is 6.76. The third kappa shape index (κ3) is 3.74. The molecular weight excluding hydrogens is 274 g/mol. The maximum absolute atomic E-state index is 12.1. The minimum Gasteiger partial charge on any atom is -0.353 e. The minimum absolute atomic E-state index is 0.0576. The molecule has 108 valence electrons. The number of carbonyl (C=O) groups is 2. The molecule has 1 heterocycles. The van der Waals surface area contributed by atoms with E-state index in [1.165, 1.54) is 4.90 Å². The summed E-state index contributed by atoms with van der Waals surface area (Å²) in [6.45, 7) is 2.48. The zero-order valence-electron chi connectivity index (χ0n) is 11.6. The number of thioether (sulfide) groups is 1. The standard InChI is InChI=1S/C14H19N3O2S/c1-9(10-3-5-11(20-2)6-4-10)17-14(19)12-7-16-13(18)8-15-12/h3-6,9,12,15H,7-8H2,1-2H3,(H,16,18)(H,17,19). The van der Waals surface area contributed by atoms with E-state index in [0.29, 0.717) is 6.54 Å². The number of hydrogen-bond acceptors (Lipinski definition) is 4. The molecule has 2 atom stereocenters. The summed E-state index contributed by atoms with van der Waals surface area (Å²) in [5, 5.41) is 8.55. The molecule has 1 aliphatic rings. The van der Waals surface area contributed by atoms with Crippen LogP contribution in [0.25, 0.3) is 0 Å². The van der Waals surface area contributed by atoms with Gasteiger partial charge in [0.2, 0.25) is 11.8 Å². The van der Waals surface area contributed by atoms with Crippen molar-refractivity contribution < 1.29 is 9.59 Å². The lowest BCUT2D eigenvalue weighted by molar-refractivity contribution is -0.127. The number of nitrogens with one attached hydrogen (secondary N) is 3. The van der Waals surface area contributed by atoms with Gasteiger partial charge in [-0.25, -0.2) is 0 Å². The van der Waals surface area contributed by atoms with Crippen LogP contribution in [0.5, 0.6) is 0 Å². The van der Waals surface area contributed by atoms with Gasteiger partial charge < -0.3 is 10.6 Å². The third-order valence-electron chi connectivity index (χ3n) is 3.30. The Morgan fingerprint density at radius 1 is 1.40 bits per heavy atom. The highest BCUT2D eigenvalue weighted by Crippen LogP contribution is 2.18. The number of carbonyl (C=O) groups excluding carboxylic acids is 2. The van der Waals surface area contributed by atoms with Crippen LogP contribution in [0.1, 0.15) is 18.5 Å². The number of piperazine rings is 1. The quantitative estimate of drug-likeness (QED) is 0.714. The Kier molecular flexibility index (Phi) is 5.03. The average Bonchev–Trinajstić information content (AvgIpc) is 2.48. The molecule has 0 aromatic heterocycles. The van der Waals surface area contributed by atoms with Crippen LogP contribution in [-0.2, 0) is 9.59 Å². The van der Waals surface area contributed by atoms with Gasteiger partial charge in [-0.05, 0) is 30.9 Å². The van der Waals surface area contributed by atoms with Crippen LogP contribution in [-0.4, -0.2) is 37.2 Å². The van der Waals surface area contributed by atoms with Gasteiger partial charge in [0.25, 0.3) is 0 Å². The molecule has 0 saturated carbocycles. The normalized spacial score (nSPS) is 20.1. The van der Waals surface area contributed by atoms with Crippen LogP contribution in [0.15, 0.2) is 29.2 Å². The molecule has 1 saturated heterocycles. The van der Waals surface area contributed by atoms with E-state index in [1.807, 2.05) is 37.4 Å². The van der Waals surface area contributed by atoms with E-state index >= 15 is 0 Å². The molecule has 3 N–H and O–H groups in total. The summed E-state index contributed by atoms with van der Waals surface area (Å²) >= 11 is 1.69. The number of hydrogen-bond donors (Lipinski definition) is 3. The van der Waals surface area contributed by atoms with Crippen LogP contribution in [0.3, 0.4) is 0 Å². The molecule has 5 nitrogen and oxygen atoms in total. The molecule has 1 aliphatic heterocycles. The van der Waals surface area contributed by atoms with E-state index in [-0.39, 0.29) is 30.4 Å². The summed E-state index contributed by atoms with van der Waals surface area (Å²) in [4.78, 5) is 24.3. The van der Waals surface area contributed by atoms with Gasteiger partial charge in [-0.3, -0.25) is 14.9 Å². The van der Waals surface area contributed by atoms with Crippen molar-refractivity contribution >= 4 is 23.6 Å². The predicted octanol–water partition coefficient (Wildman–Crippen LogP) is 0.674. The highest BCUT2D eigenvalue weighted by molar-refractivity contribution is 7.98. The summed E-state index contributed by atoms with van der Waals surface area (Å²) in [5.41, 5.74) is 1.07. The number of rotatable bonds is 4. The lowest BCUT2D eigenvalue weighted by Crippen LogP contribution is -2.58. The maximum atomic E-state index is 12.1. The van der Waals surface area contributed by atoms with Gasteiger partial charge in [-0.2, -0.15) is 0 Å². The predicted molar refractivity (Wildman–Crippen MR) is 79.6 cm³/mol. The van der Waals surface area contributed by atoms with E-state index in [0.717, 1.165) is 5.56 Å². The van der Waals surface area contributed by atoms with E-state index in [4.69, 9.17) is 0 Å². The first-order valence-electron chi connectivity index (χ1n) is 6.54. The Balaban J connectivity index is 1.91. The number of benzene rings is 1. The zero-order valence-corrected chi connectivity index (χ0v) is 12.4. The van der Waals surface area contributed by atoms with E-state index in [9.17, 15) is 9.59 Å². The molecule has 6 heteroatoms. The van der Waals surface area contributed by atoms with Crippen molar-refractivity contribution in [3.05, 3.63) is 29.8 Å². The fourth-order valence-electron chi connectivity index (χ4n) is 2.04. The summed E-state index contributed by atoms with van der Waals surface area (Å²) in [5.74, 6) is -0.166. The molecule has 2 rings (SSSR count). The smallest absolute Gasteiger partial charge is 0.239 e. The molecule has 0 bridgehead atoms. The van der Waals surface area contributed by atoms with E-state index in [2.05, 4.69) is 16.0 Å². The fourth-order valence-corrected chi connectivity index (χ4v) is 2.45. The molecular formula is C14H19N3O2S. The minimum atomic E-state index is -0.361. The van der Waals surface area contributed by atoms with Crippen molar-refractivity contribution in [3.8, 4) is 0 Å². The first-order valence-corrected chi connectivity index (χ1v) is 7.77. The lowest BCUT2D eigenvalue weighted by atomic mass is 10.1. The summed E-state index contributed by atoms with van der Waals surface area (Å²) in [6, 6.07) is 7.71. The molecule has 0 aliphatic carbocycles. The van der Waals surface area contributed by atoms with E-state index in [1.54, 1.807) is 11.8 Å². The first kappa shape index (κ1) is 14.9. The second-order valence-corrected chi connectivity index (χ2v) is 5.62. The molecule has 1 fully saturated rings. The van der Waals surface area contributed by atoms with E-state index < -0.39 is 0 Å². The lowest BCUT2D eigenvalue weighted by Gasteiger charge is -2.25. The molecule has 0 spiro atoms. The molecule has 2 unspecified atom stereocenters. The molecule has 1 aromatic carbocycles. The largest absolute Gasteiger partial charge is 0.353 e. The summed E-state index contributed by atoms with van der Waals surface area (Å²) in [7, 11) is 0. The van der Waals surface area contributed by atoms with Gasteiger partial charge in [0.05, 0.1) is 12.6 Å². The second-order valence-electron chi connectivity index (χ2n) is 4.74. The van der Waals surface area contributed by atoms with Gasteiger partial charge in [-0.15, -0.1) is 11.8 Å². The first-order chi connectivity index (χ1) is 9.60. The highest BCUT2D eigenvalue weighted by atomic mass is 32.2. The molecule has 0 radical (unpaired) electrons. The zero-order chi connectivity index (χ0) is 14.5. The van der Waals surface area contributed by atoms with Crippen LogP contribution in [0.2, 0.25) is 0 Å². The fraction of sp³-hybridized carbons (Fsp3) is 0.429. The van der Waals surface area contributed by atoms with Gasteiger partial charge >= 0.3 is 0 Å². The maximum Gasteiger partial charge on any atom is 0.239 e. The molecule has 1 aromatic rings. The van der Waals surface area contributed by atoms with Crippen LogP contribution in [0.4, 0.5) is 0 Å². The summed E-state index contributed by atoms with van der Waals surface area (Å²) < 4.78 is 0. The van der Waals surface area contributed by atoms with Crippen LogP contribution < -0.4 is 16.0 Å². The van der Waals surface area contributed by atoms with Crippen molar-refractivity contribution in [3.63, 3.8) is 0 Å². The van der Waals surface area contributed by atoms with Crippen LogP contribution in [0, 0.1) is 0 Å². The summed E-state index contributed by atoms with van der Waals surface area (Å²) in [6.07, 6.45) is 2.03. The molecule has 20 heavy (non-hydrogen) atoms.